The van der Waals surface area contributed by atoms with Crippen LogP contribution < -0.4 is 5.32 Å². The molecule has 0 radical (unpaired) electrons. The summed E-state index contributed by atoms with van der Waals surface area (Å²) in [7, 11) is 0. The monoisotopic (exact) mass is 335 g/mol. The summed E-state index contributed by atoms with van der Waals surface area (Å²) < 4.78 is 49.3. The number of rotatable bonds is 8. The maximum atomic E-state index is 12.7. The Kier molecular flexibility index (Phi) is 7.42. The van der Waals surface area contributed by atoms with Crippen LogP contribution >= 0.6 is 15.9 Å². The summed E-state index contributed by atoms with van der Waals surface area (Å²) in [5, 5.41) is 1.82. The van der Waals surface area contributed by atoms with Crippen molar-refractivity contribution in [1.29, 1.82) is 0 Å². The SMILES string of the molecule is CCCC(CC(=O)CBr)NC(=O)C(F)(F)C(F)F. The zero-order valence-electron chi connectivity index (χ0n) is 9.69. The van der Waals surface area contributed by atoms with Gasteiger partial charge >= 0.3 is 12.3 Å². The number of halogens is 5. The predicted octanol–water partition coefficient (Wildman–Crippen LogP) is 2.53. The fourth-order valence-electron chi connectivity index (χ4n) is 1.28. The summed E-state index contributed by atoms with van der Waals surface area (Å²) in [5.74, 6) is -7.07. The molecule has 0 aliphatic carbocycles. The van der Waals surface area contributed by atoms with E-state index in [0.717, 1.165) is 0 Å². The maximum absolute atomic E-state index is 12.7. The predicted molar refractivity (Wildman–Crippen MR) is 61.2 cm³/mol. The molecular weight excluding hydrogens is 322 g/mol. The van der Waals surface area contributed by atoms with Crippen LogP contribution in [0.4, 0.5) is 17.6 Å². The van der Waals surface area contributed by atoms with Crippen LogP contribution in [0.1, 0.15) is 26.2 Å². The molecule has 0 heterocycles. The first kappa shape index (κ1) is 17.3. The van der Waals surface area contributed by atoms with Gasteiger partial charge in [-0.1, -0.05) is 29.3 Å². The molecule has 3 nitrogen and oxygen atoms in total. The van der Waals surface area contributed by atoms with Crippen molar-refractivity contribution < 1.29 is 27.2 Å². The van der Waals surface area contributed by atoms with Crippen molar-refractivity contribution in [2.24, 2.45) is 0 Å². The minimum absolute atomic E-state index is 0.0221. The first-order valence-corrected chi connectivity index (χ1v) is 6.42. The fraction of sp³-hybridized carbons (Fsp3) is 0.800. The lowest BCUT2D eigenvalue weighted by Crippen LogP contribution is -2.49. The zero-order chi connectivity index (χ0) is 14.3. The van der Waals surface area contributed by atoms with Crippen molar-refractivity contribution in [3.8, 4) is 0 Å². The van der Waals surface area contributed by atoms with Crippen LogP contribution in [0.15, 0.2) is 0 Å². The molecule has 0 aliphatic rings. The Morgan fingerprint density at radius 3 is 2.28 bits per heavy atom. The summed E-state index contributed by atoms with van der Waals surface area (Å²) in [6, 6.07) is -0.850. The van der Waals surface area contributed by atoms with Crippen molar-refractivity contribution >= 4 is 27.6 Å². The van der Waals surface area contributed by atoms with Gasteiger partial charge in [-0.3, -0.25) is 9.59 Å². The third-order valence-electron chi connectivity index (χ3n) is 2.17. The van der Waals surface area contributed by atoms with Gasteiger partial charge in [0.1, 0.15) is 5.78 Å². The highest BCUT2D eigenvalue weighted by molar-refractivity contribution is 9.09. The zero-order valence-corrected chi connectivity index (χ0v) is 11.3. The lowest BCUT2D eigenvalue weighted by atomic mass is 10.1. The van der Waals surface area contributed by atoms with E-state index < -0.39 is 24.3 Å². The quantitative estimate of drug-likeness (QED) is 0.547. The summed E-state index contributed by atoms with van der Waals surface area (Å²) in [4.78, 5) is 22.1. The van der Waals surface area contributed by atoms with Crippen molar-refractivity contribution in [1.82, 2.24) is 5.32 Å². The largest absolute Gasteiger partial charge is 0.383 e. The Morgan fingerprint density at radius 1 is 1.33 bits per heavy atom. The molecule has 1 amide bonds. The first-order chi connectivity index (χ1) is 8.25. The van der Waals surface area contributed by atoms with E-state index >= 15 is 0 Å². The normalized spacial score (nSPS) is 13.5. The van der Waals surface area contributed by atoms with Gasteiger partial charge in [-0.05, 0) is 6.42 Å². The van der Waals surface area contributed by atoms with Crippen molar-refractivity contribution in [2.45, 2.75) is 44.6 Å². The molecule has 0 fully saturated rings. The van der Waals surface area contributed by atoms with E-state index in [9.17, 15) is 27.2 Å². The van der Waals surface area contributed by atoms with E-state index in [1.54, 1.807) is 12.2 Å². The molecule has 8 heteroatoms. The highest BCUT2D eigenvalue weighted by Crippen LogP contribution is 2.23. The first-order valence-electron chi connectivity index (χ1n) is 5.30. The Hall–Kier alpha value is -0.660. The average molecular weight is 336 g/mol. The number of Topliss-reactive ketones (excluding diaryl/α,β-unsaturated/α-hetero) is 1. The molecule has 0 aromatic heterocycles. The topological polar surface area (TPSA) is 46.2 Å². The molecule has 1 atom stereocenters. The van der Waals surface area contributed by atoms with Crippen molar-refractivity contribution in [3.63, 3.8) is 0 Å². The molecule has 0 aliphatic heterocycles. The molecule has 0 aromatic carbocycles. The van der Waals surface area contributed by atoms with Gasteiger partial charge in [0.15, 0.2) is 0 Å². The molecule has 106 valence electrons. The Bertz CT molecular complexity index is 300. The number of nitrogens with one attached hydrogen (secondary N) is 1. The molecule has 0 bridgehead atoms. The lowest BCUT2D eigenvalue weighted by Gasteiger charge is -2.21. The number of amides is 1. The molecule has 0 saturated carbocycles. The standard InChI is InChI=1S/C10H14BrF4NO2/c1-2-3-6(4-7(17)5-11)16-9(18)10(14,15)8(12)13/h6,8H,2-5H2,1H3,(H,16,18). The Morgan fingerprint density at radius 2 is 1.89 bits per heavy atom. The van der Waals surface area contributed by atoms with Crippen LogP contribution in [0, 0.1) is 0 Å². The summed E-state index contributed by atoms with van der Waals surface area (Å²) in [6.45, 7) is 1.73. The minimum Gasteiger partial charge on any atom is -0.347 e. The van der Waals surface area contributed by atoms with Crippen LogP contribution in [-0.4, -0.2) is 35.4 Å². The third kappa shape index (κ3) is 5.32. The molecule has 1 N–H and O–H groups in total. The van der Waals surface area contributed by atoms with Gasteiger partial charge in [-0.15, -0.1) is 0 Å². The number of ketones is 1. The van der Waals surface area contributed by atoms with Gasteiger partial charge in [-0.25, -0.2) is 8.78 Å². The number of hydrogen-bond acceptors (Lipinski definition) is 2. The molecular formula is C10H14BrF4NO2. The van der Waals surface area contributed by atoms with Crippen LogP contribution in [0.3, 0.4) is 0 Å². The summed E-state index contributed by atoms with van der Waals surface area (Å²) >= 11 is 2.89. The van der Waals surface area contributed by atoms with Crippen molar-refractivity contribution in [3.05, 3.63) is 0 Å². The van der Waals surface area contributed by atoms with Crippen LogP contribution in [0.25, 0.3) is 0 Å². The molecule has 0 rings (SSSR count). The van der Waals surface area contributed by atoms with Crippen LogP contribution in [0.5, 0.6) is 0 Å². The van der Waals surface area contributed by atoms with Gasteiger partial charge in [-0.2, -0.15) is 8.78 Å². The second-order valence-corrected chi connectivity index (χ2v) is 4.32. The number of carbonyl (C=O) groups excluding carboxylic acids is 2. The third-order valence-corrected chi connectivity index (χ3v) is 2.80. The Labute approximate surface area is 110 Å². The summed E-state index contributed by atoms with van der Waals surface area (Å²) in [5.41, 5.74) is 0. The van der Waals surface area contributed by atoms with Gasteiger partial charge in [0.25, 0.3) is 5.91 Å². The number of alkyl halides is 5. The van der Waals surface area contributed by atoms with Gasteiger partial charge < -0.3 is 5.32 Å². The van der Waals surface area contributed by atoms with Gasteiger partial charge in [0.2, 0.25) is 0 Å². The van der Waals surface area contributed by atoms with Gasteiger partial charge in [0, 0.05) is 12.5 Å². The van der Waals surface area contributed by atoms with E-state index in [1.807, 2.05) is 0 Å². The number of hydrogen-bond donors (Lipinski definition) is 1. The van der Waals surface area contributed by atoms with Gasteiger partial charge in [0.05, 0.1) is 5.33 Å². The van der Waals surface area contributed by atoms with Crippen LogP contribution in [-0.2, 0) is 9.59 Å². The maximum Gasteiger partial charge on any atom is 0.383 e. The minimum atomic E-state index is -4.73. The highest BCUT2D eigenvalue weighted by atomic mass is 79.9. The second-order valence-electron chi connectivity index (χ2n) is 3.76. The average Bonchev–Trinajstić information content (AvgIpc) is 2.28. The van der Waals surface area contributed by atoms with E-state index in [4.69, 9.17) is 0 Å². The summed E-state index contributed by atoms with van der Waals surface area (Å²) in [6.07, 6.45) is -3.43. The van der Waals surface area contributed by atoms with E-state index in [0.29, 0.717) is 6.42 Å². The van der Waals surface area contributed by atoms with E-state index in [-0.39, 0.29) is 24.0 Å². The lowest BCUT2D eigenvalue weighted by molar-refractivity contribution is -0.170. The molecule has 0 spiro atoms. The number of carbonyl (C=O) groups is 2. The highest BCUT2D eigenvalue weighted by Gasteiger charge is 2.49. The van der Waals surface area contributed by atoms with E-state index in [1.165, 1.54) is 0 Å². The molecule has 1 unspecified atom stereocenters. The van der Waals surface area contributed by atoms with E-state index in [2.05, 4.69) is 15.9 Å². The second kappa shape index (κ2) is 7.70. The van der Waals surface area contributed by atoms with Crippen LogP contribution in [0.2, 0.25) is 0 Å². The molecule has 0 aromatic rings. The fourth-order valence-corrected chi connectivity index (χ4v) is 1.51. The molecule has 18 heavy (non-hydrogen) atoms. The Balaban J connectivity index is 4.58. The molecule has 0 saturated heterocycles. The smallest absolute Gasteiger partial charge is 0.347 e. The van der Waals surface area contributed by atoms with Crippen molar-refractivity contribution in [2.75, 3.05) is 5.33 Å².